The smallest absolute Gasteiger partial charge is 0.263 e. The van der Waals surface area contributed by atoms with Gasteiger partial charge in [-0.1, -0.05) is 35.3 Å². The number of benzene rings is 2. The van der Waals surface area contributed by atoms with Crippen molar-refractivity contribution < 1.29 is 14.4 Å². The molecule has 0 fully saturated rings. The van der Waals surface area contributed by atoms with Crippen molar-refractivity contribution in [1.29, 1.82) is 0 Å². The van der Waals surface area contributed by atoms with E-state index in [1.54, 1.807) is 24.3 Å². The lowest BCUT2D eigenvalue weighted by atomic mass is 10.1. The number of anilines is 1. The Morgan fingerprint density at radius 1 is 1.08 bits per heavy atom. The maximum Gasteiger partial charge on any atom is 0.263 e. The Bertz CT molecular complexity index is 880. The van der Waals surface area contributed by atoms with Gasteiger partial charge in [0.15, 0.2) is 0 Å². The zero-order valence-electron chi connectivity index (χ0n) is 12.6. The second-order valence-corrected chi connectivity index (χ2v) is 6.19. The molecule has 3 amide bonds. The summed E-state index contributed by atoms with van der Waals surface area (Å²) in [5.41, 5.74) is 1.71. The van der Waals surface area contributed by atoms with E-state index < -0.39 is 24.3 Å². The van der Waals surface area contributed by atoms with E-state index in [9.17, 15) is 14.4 Å². The summed E-state index contributed by atoms with van der Waals surface area (Å²) in [4.78, 5) is 37.7. The van der Waals surface area contributed by atoms with Crippen LogP contribution in [-0.4, -0.2) is 29.2 Å². The Hall–Kier alpha value is -2.37. The average Bonchev–Trinajstić information content (AvgIpc) is 2.77. The predicted octanol–water partition coefficient (Wildman–Crippen LogP) is 3.54. The van der Waals surface area contributed by atoms with Gasteiger partial charge in [-0.25, -0.2) is 0 Å². The normalized spacial score (nSPS) is 13.2. The van der Waals surface area contributed by atoms with Crippen molar-refractivity contribution in [2.75, 3.05) is 11.9 Å². The van der Waals surface area contributed by atoms with E-state index in [0.717, 1.165) is 10.5 Å². The van der Waals surface area contributed by atoms with Gasteiger partial charge in [0.1, 0.15) is 6.54 Å². The summed E-state index contributed by atoms with van der Waals surface area (Å²) >= 11 is 12.0. The highest BCUT2D eigenvalue weighted by atomic mass is 35.5. The molecular formula is C17H12Cl2N2O3. The third-order valence-corrected chi connectivity index (χ3v) is 4.43. The topological polar surface area (TPSA) is 66.5 Å². The van der Waals surface area contributed by atoms with Gasteiger partial charge in [-0.2, -0.15) is 0 Å². The van der Waals surface area contributed by atoms with Crippen LogP contribution in [0.15, 0.2) is 36.4 Å². The Labute approximate surface area is 148 Å². The molecule has 1 aliphatic rings. The van der Waals surface area contributed by atoms with Crippen LogP contribution in [0.2, 0.25) is 10.0 Å². The minimum absolute atomic E-state index is 0.135. The van der Waals surface area contributed by atoms with Crippen LogP contribution in [0.3, 0.4) is 0 Å². The van der Waals surface area contributed by atoms with Crippen LogP contribution in [0.5, 0.6) is 0 Å². The Balaban J connectivity index is 1.76. The zero-order valence-corrected chi connectivity index (χ0v) is 14.1. The number of aryl methyl sites for hydroxylation is 1. The maximum absolute atomic E-state index is 12.3. The minimum Gasteiger partial charge on any atom is -0.324 e. The van der Waals surface area contributed by atoms with Gasteiger partial charge in [-0.15, -0.1) is 0 Å². The van der Waals surface area contributed by atoms with Gasteiger partial charge in [0.2, 0.25) is 5.91 Å². The van der Waals surface area contributed by atoms with E-state index in [4.69, 9.17) is 23.2 Å². The Morgan fingerprint density at radius 3 is 2.50 bits per heavy atom. The second-order valence-electron chi connectivity index (χ2n) is 5.37. The van der Waals surface area contributed by atoms with Crippen LogP contribution in [0, 0.1) is 6.92 Å². The van der Waals surface area contributed by atoms with Crippen LogP contribution >= 0.6 is 23.2 Å². The number of halogens is 2. The summed E-state index contributed by atoms with van der Waals surface area (Å²) < 4.78 is 0. The van der Waals surface area contributed by atoms with Crippen LogP contribution in [0.25, 0.3) is 0 Å². The van der Waals surface area contributed by atoms with Gasteiger partial charge in [-0.05, 0) is 36.8 Å². The monoisotopic (exact) mass is 362 g/mol. The minimum atomic E-state index is -0.572. The molecule has 0 aromatic heterocycles. The highest BCUT2D eigenvalue weighted by Gasteiger charge is 2.38. The van der Waals surface area contributed by atoms with Crippen molar-refractivity contribution in [2.24, 2.45) is 0 Å². The molecule has 3 rings (SSSR count). The van der Waals surface area contributed by atoms with Crippen LogP contribution in [-0.2, 0) is 4.79 Å². The SMILES string of the molecule is Cc1ccc(NC(=O)CN2C(=O)c3cccc(Cl)c3C2=O)cc1Cl. The molecule has 7 heteroatoms. The first kappa shape index (κ1) is 16.5. The molecule has 5 nitrogen and oxygen atoms in total. The second kappa shape index (κ2) is 6.26. The van der Waals surface area contributed by atoms with Crippen LogP contribution in [0.4, 0.5) is 5.69 Å². The fourth-order valence-corrected chi connectivity index (χ4v) is 2.89. The molecule has 122 valence electrons. The number of imide groups is 1. The predicted molar refractivity (Wildman–Crippen MR) is 91.6 cm³/mol. The van der Waals surface area contributed by atoms with Gasteiger partial charge >= 0.3 is 0 Å². The summed E-state index contributed by atoms with van der Waals surface area (Å²) in [6.45, 7) is 1.45. The number of hydrogen-bond donors (Lipinski definition) is 1. The zero-order chi connectivity index (χ0) is 17.4. The average molecular weight is 363 g/mol. The van der Waals surface area contributed by atoms with Crippen molar-refractivity contribution in [2.45, 2.75) is 6.92 Å². The third-order valence-electron chi connectivity index (χ3n) is 3.71. The summed E-state index contributed by atoms with van der Waals surface area (Å²) in [7, 11) is 0. The molecule has 0 saturated carbocycles. The molecule has 1 aliphatic heterocycles. The fraction of sp³-hybridized carbons (Fsp3) is 0.118. The number of carbonyl (C=O) groups excluding carboxylic acids is 3. The fourth-order valence-electron chi connectivity index (χ4n) is 2.45. The van der Waals surface area contributed by atoms with Crippen molar-refractivity contribution >= 4 is 46.6 Å². The van der Waals surface area contributed by atoms with Crippen molar-refractivity contribution in [3.05, 3.63) is 63.1 Å². The van der Waals surface area contributed by atoms with Gasteiger partial charge in [-0.3, -0.25) is 19.3 Å². The molecule has 0 saturated heterocycles. The van der Waals surface area contributed by atoms with E-state index in [-0.39, 0.29) is 16.1 Å². The largest absolute Gasteiger partial charge is 0.324 e. The highest BCUT2D eigenvalue weighted by Crippen LogP contribution is 2.29. The van der Waals surface area contributed by atoms with Gasteiger partial charge in [0.25, 0.3) is 11.8 Å². The van der Waals surface area contributed by atoms with E-state index in [2.05, 4.69) is 5.32 Å². The Kier molecular flexibility index (Phi) is 4.30. The van der Waals surface area contributed by atoms with Crippen molar-refractivity contribution in [3.8, 4) is 0 Å². The number of fused-ring (bicyclic) bond motifs is 1. The first-order chi connectivity index (χ1) is 11.4. The molecule has 0 spiro atoms. The summed E-state index contributed by atoms with van der Waals surface area (Å²) in [5, 5.41) is 3.32. The molecule has 2 aromatic carbocycles. The third kappa shape index (κ3) is 2.88. The standard InChI is InChI=1S/C17H12Cl2N2O3/c1-9-5-6-10(7-13(9)19)20-14(22)8-21-16(23)11-3-2-4-12(18)15(11)17(21)24/h2-7H,8H2,1H3,(H,20,22). The maximum atomic E-state index is 12.3. The first-order valence-corrected chi connectivity index (χ1v) is 7.85. The number of rotatable bonds is 3. The molecule has 1 N–H and O–H groups in total. The molecular weight excluding hydrogens is 351 g/mol. The summed E-state index contributed by atoms with van der Waals surface area (Å²) in [6, 6.07) is 9.69. The molecule has 0 atom stereocenters. The van der Waals surface area contributed by atoms with E-state index >= 15 is 0 Å². The summed E-state index contributed by atoms with van der Waals surface area (Å²) in [6.07, 6.45) is 0. The quantitative estimate of drug-likeness (QED) is 0.849. The van der Waals surface area contributed by atoms with E-state index in [1.165, 1.54) is 12.1 Å². The Morgan fingerprint density at radius 2 is 1.83 bits per heavy atom. The van der Waals surface area contributed by atoms with Gasteiger partial charge in [0, 0.05) is 10.7 Å². The number of nitrogens with zero attached hydrogens (tertiary/aromatic N) is 1. The molecule has 24 heavy (non-hydrogen) atoms. The number of carbonyl (C=O) groups is 3. The lowest BCUT2D eigenvalue weighted by Gasteiger charge is -2.14. The lowest BCUT2D eigenvalue weighted by molar-refractivity contribution is -0.116. The van der Waals surface area contributed by atoms with Crippen molar-refractivity contribution in [3.63, 3.8) is 0 Å². The summed E-state index contributed by atoms with van der Waals surface area (Å²) in [5.74, 6) is -1.60. The first-order valence-electron chi connectivity index (χ1n) is 7.09. The van der Waals surface area contributed by atoms with Crippen LogP contribution < -0.4 is 5.32 Å². The molecule has 0 bridgehead atoms. The molecule has 0 aliphatic carbocycles. The lowest BCUT2D eigenvalue weighted by Crippen LogP contribution is -2.37. The van der Waals surface area contributed by atoms with Gasteiger partial charge in [0.05, 0.1) is 16.1 Å². The number of amides is 3. The molecule has 0 radical (unpaired) electrons. The molecule has 0 unspecified atom stereocenters. The molecule has 2 aromatic rings. The highest BCUT2D eigenvalue weighted by molar-refractivity contribution is 6.37. The number of nitrogens with one attached hydrogen (secondary N) is 1. The number of hydrogen-bond acceptors (Lipinski definition) is 3. The van der Waals surface area contributed by atoms with Gasteiger partial charge < -0.3 is 5.32 Å². The van der Waals surface area contributed by atoms with E-state index in [0.29, 0.717) is 10.7 Å². The van der Waals surface area contributed by atoms with E-state index in [1.807, 2.05) is 6.92 Å². The molecule has 1 heterocycles. The van der Waals surface area contributed by atoms with Crippen LogP contribution in [0.1, 0.15) is 26.3 Å². The van der Waals surface area contributed by atoms with Crippen molar-refractivity contribution in [1.82, 2.24) is 4.90 Å².